The first kappa shape index (κ1) is 13.1. The second-order valence-corrected chi connectivity index (χ2v) is 5.14. The Morgan fingerprint density at radius 3 is 2.95 bits per heavy atom. The van der Waals surface area contributed by atoms with Gasteiger partial charge in [-0.15, -0.1) is 0 Å². The van der Waals surface area contributed by atoms with Gasteiger partial charge in [0.05, 0.1) is 12.7 Å². The molecule has 2 heterocycles. The summed E-state index contributed by atoms with van der Waals surface area (Å²) in [6.07, 6.45) is 2.49. The molecule has 2 aromatic rings. The van der Waals surface area contributed by atoms with Crippen molar-refractivity contribution in [3.05, 3.63) is 36.3 Å². The first-order valence-electron chi connectivity index (χ1n) is 5.29. The third kappa shape index (κ3) is 3.31. The summed E-state index contributed by atoms with van der Waals surface area (Å²) in [6, 6.07) is 4.85. The Labute approximate surface area is 110 Å². The van der Waals surface area contributed by atoms with Crippen LogP contribution < -0.4 is 10.5 Å². The Balaban J connectivity index is 2.25. The molecule has 0 radical (unpaired) electrons. The molecule has 2 aromatic heterocycles. The highest BCUT2D eigenvalue weighted by Gasteiger charge is 2.15. The lowest BCUT2D eigenvalue weighted by atomic mass is 10.3. The van der Waals surface area contributed by atoms with Gasteiger partial charge >= 0.3 is 0 Å². The summed E-state index contributed by atoms with van der Waals surface area (Å²) < 4.78 is 26.2. The highest BCUT2D eigenvalue weighted by Crippen LogP contribution is 2.12. The highest BCUT2D eigenvalue weighted by atomic mass is 32.2. The van der Waals surface area contributed by atoms with Gasteiger partial charge in [-0.2, -0.15) is 5.10 Å². The van der Waals surface area contributed by atoms with Gasteiger partial charge in [0.25, 0.3) is 10.0 Å². The van der Waals surface area contributed by atoms with Gasteiger partial charge in [-0.3, -0.25) is 9.82 Å². The van der Waals surface area contributed by atoms with Gasteiger partial charge < -0.3 is 5.73 Å². The Morgan fingerprint density at radius 1 is 1.42 bits per heavy atom. The van der Waals surface area contributed by atoms with Crippen molar-refractivity contribution in [3.8, 4) is 11.8 Å². The number of H-pyrrole nitrogens is 1. The highest BCUT2D eigenvalue weighted by molar-refractivity contribution is 7.92. The number of nitrogens with zero attached hydrogens (tertiary/aromatic N) is 2. The monoisotopic (exact) mass is 277 g/mol. The second kappa shape index (κ2) is 5.51. The molecule has 0 unspecified atom stereocenters. The largest absolute Gasteiger partial charge is 0.320 e. The number of hydrogen-bond acceptors (Lipinski definition) is 5. The minimum absolute atomic E-state index is 0.0349. The molecule has 4 N–H and O–H groups in total. The van der Waals surface area contributed by atoms with Gasteiger partial charge in [0.15, 0.2) is 0 Å². The van der Waals surface area contributed by atoms with Crippen molar-refractivity contribution in [3.63, 3.8) is 0 Å². The van der Waals surface area contributed by atoms with E-state index in [0.29, 0.717) is 5.69 Å². The molecule has 2 rings (SSSR count). The minimum Gasteiger partial charge on any atom is -0.320 e. The van der Waals surface area contributed by atoms with E-state index >= 15 is 0 Å². The van der Waals surface area contributed by atoms with Crippen LogP contribution in [0.25, 0.3) is 0 Å². The fourth-order valence-electron chi connectivity index (χ4n) is 1.29. The van der Waals surface area contributed by atoms with Crippen LogP contribution in [0.5, 0.6) is 0 Å². The first-order valence-corrected chi connectivity index (χ1v) is 6.78. The topological polar surface area (TPSA) is 114 Å². The molecule has 0 fully saturated rings. The van der Waals surface area contributed by atoms with E-state index in [2.05, 4.69) is 31.7 Å². The van der Waals surface area contributed by atoms with Crippen LogP contribution in [0.2, 0.25) is 0 Å². The van der Waals surface area contributed by atoms with Gasteiger partial charge in [-0.25, -0.2) is 13.4 Å². The molecule has 0 aliphatic heterocycles. The second-order valence-electron chi connectivity index (χ2n) is 3.45. The summed E-state index contributed by atoms with van der Waals surface area (Å²) in [4.78, 5) is 4.09. The molecule has 0 bridgehead atoms. The minimum atomic E-state index is -3.69. The van der Waals surface area contributed by atoms with E-state index in [9.17, 15) is 8.42 Å². The Kier molecular flexibility index (Phi) is 3.79. The summed E-state index contributed by atoms with van der Waals surface area (Å²) in [6.45, 7) is 0.215. The molecule has 0 aliphatic carbocycles. The van der Waals surface area contributed by atoms with E-state index in [4.69, 9.17) is 5.73 Å². The van der Waals surface area contributed by atoms with Crippen molar-refractivity contribution < 1.29 is 8.42 Å². The van der Waals surface area contributed by atoms with Crippen molar-refractivity contribution in [2.24, 2.45) is 5.73 Å². The molecular formula is C11H11N5O2S. The number of sulfonamides is 1. The summed E-state index contributed by atoms with van der Waals surface area (Å²) in [5.74, 6) is 5.56. The Bertz CT molecular complexity index is 713. The first-order chi connectivity index (χ1) is 9.12. The molecule has 7 nitrogen and oxygen atoms in total. The zero-order chi connectivity index (χ0) is 13.7. The number of nitrogens with two attached hydrogens (primary N) is 1. The molecular weight excluding hydrogens is 266 g/mol. The Hall–Kier alpha value is -2.37. The molecule has 0 atom stereocenters. The standard InChI is InChI=1S/C11H11N5O2S/c12-6-2-4-9-3-1-5-11(15-9)16-19(17,18)10-7-13-14-8-10/h1,3,5,7-8H,6,12H2,(H,13,14)(H,15,16). The number of rotatable bonds is 3. The number of pyridine rings is 1. The van der Waals surface area contributed by atoms with Crippen molar-refractivity contribution in [2.45, 2.75) is 4.90 Å². The van der Waals surface area contributed by atoms with Crippen molar-refractivity contribution in [1.82, 2.24) is 15.2 Å². The van der Waals surface area contributed by atoms with Gasteiger partial charge in [-0.05, 0) is 18.1 Å². The van der Waals surface area contributed by atoms with Crippen LogP contribution in [-0.4, -0.2) is 30.1 Å². The quantitative estimate of drug-likeness (QED) is 0.679. The average molecular weight is 277 g/mol. The lowest BCUT2D eigenvalue weighted by molar-refractivity contribution is 0.601. The fraction of sp³-hybridized carbons (Fsp3) is 0.0909. The van der Waals surface area contributed by atoms with Gasteiger partial charge in [0, 0.05) is 6.20 Å². The van der Waals surface area contributed by atoms with Crippen LogP contribution in [0.1, 0.15) is 5.69 Å². The molecule has 0 aliphatic rings. The lowest BCUT2D eigenvalue weighted by Gasteiger charge is -2.04. The summed E-state index contributed by atoms with van der Waals surface area (Å²) in [5, 5.41) is 6.02. The van der Waals surface area contributed by atoms with E-state index in [1.807, 2.05) is 0 Å². The van der Waals surface area contributed by atoms with Crippen molar-refractivity contribution in [2.75, 3.05) is 11.3 Å². The molecule has 19 heavy (non-hydrogen) atoms. The van der Waals surface area contributed by atoms with Gasteiger partial charge in [0.2, 0.25) is 0 Å². The molecule has 0 amide bonds. The number of nitrogens with one attached hydrogen (secondary N) is 2. The van der Waals surface area contributed by atoms with Crippen molar-refractivity contribution >= 4 is 15.8 Å². The number of hydrogen-bond donors (Lipinski definition) is 3. The zero-order valence-electron chi connectivity index (χ0n) is 9.79. The fourth-order valence-corrected chi connectivity index (χ4v) is 2.19. The molecule has 8 heteroatoms. The molecule has 0 spiro atoms. The van der Waals surface area contributed by atoms with Crippen LogP contribution in [0, 0.1) is 11.8 Å². The predicted molar refractivity (Wildman–Crippen MR) is 69.6 cm³/mol. The third-order valence-corrected chi connectivity index (χ3v) is 3.41. The third-order valence-electron chi connectivity index (χ3n) is 2.09. The van der Waals surface area contributed by atoms with E-state index < -0.39 is 10.0 Å². The number of aromatic nitrogens is 3. The normalized spacial score (nSPS) is 10.6. The van der Waals surface area contributed by atoms with E-state index in [0.717, 1.165) is 0 Å². The molecule has 0 saturated carbocycles. The van der Waals surface area contributed by atoms with E-state index in [1.54, 1.807) is 12.1 Å². The van der Waals surface area contributed by atoms with Crippen LogP contribution in [0.4, 0.5) is 5.82 Å². The average Bonchev–Trinajstić information content (AvgIpc) is 2.91. The Morgan fingerprint density at radius 2 is 2.26 bits per heavy atom. The predicted octanol–water partition coefficient (Wildman–Crippen LogP) is -0.0843. The molecule has 0 saturated heterocycles. The maximum atomic E-state index is 11.9. The summed E-state index contributed by atoms with van der Waals surface area (Å²) in [7, 11) is -3.69. The molecule has 0 aromatic carbocycles. The summed E-state index contributed by atoms with van der Waals surface area (Å²) in [5.41, 5.74) is 5.70. The van der Waals surface area contributed by atoms with Crippen LogP contribution in [0.15, 0.2) is 35.5 Å². The van der Waals surface area contributed by atoms with E-state index in [1.165, 1.54) is 18.5 Å². The van der Waals surface area contributed by atoms with Gasteiger partial charge in [-0.1, -0.05) is 12.0 Å². The zero-order valence-corrected chi connectivity index (χ0v) is 10.6. The van der Waals surface area contributed by atoms with Gasteiger partial charge in [0.1, 0.15) is 16.4 Å². The lowest BCUT2D eigenvalue weighted by Crippen LogP contribution is -2.13. The molecule has 98 valence electrons. The SMILES string of the molecule is NCC#Cc1cccc(NS(=O)(=O)c2cn[nH]c2)n1. The van der Waals surface area contributed by atoms with Crippen molar-refractivity contribution in [1.29, 1.82) is 0 Å². The van der Waals surface area contributed by atoms with E-state index in [-0.39, 0.29) is 17.3 Å². The van der Waals surface area contributed by atoms with Crippen LogP contribution >= 0.6 is 0 Å². The summed E-state index contributed by atoms with van der Waals surface area (Å²) >= 11 is 0. The van der Waals surface area contributed by atoms with Crippen LogP contribution in [0.3, 0.4) is 0 Å². The smallest absolute Gasteiger partial charge is 0.266 e. The maximum Gasteiger partial charge on any atom is 0.266 e. The number of anilines is 1. The van der Waals surface area contributed by atoms with Crippen LogP contribution in [-0.2, 0) is 10.0 Å². The maximum absolute atomic E-state index is 11.9. The number of aromatic amines is 1.